The monoisotopic (exact) mass is 384 g/mol. The Labute approximate surface area is 163 Å². The number of thiophene rings is 1. The third-order valence-electron chi connectivity index (χ3n) is 4.70. The number of hydrogen-bond donors (Lipinski definition) is 0. The molecule has 0 radical (unpaired) electrons. The highest BCUT2D eigenvalue weighted by atomic mass is 32.1. The van der Waals surface area contributed by atoms with Crippen LogP contribution in [-0.4, -0.2) is 55.0 Å². The second kappa shape index (κ2) is 8.97. The van der Waals surface area contributed by atoms with Crippen molar-refractivity contribution in [1.82, 2.24) is 9.80 Å². The minimum atomic E-state index is -0.213. The number of benzene rings is 1. The van der Waals surface area contributed by atoms with Gasteiger partial charge in [-0.3, -0.25) is 9.59 Å². The van der Waals surface area contributed by atoms with Gasteiger partial charge in [-0.05, 0) is 29.0 Å². The molecule has 2 amide bonds. The normalized spacial score (nSPS) is 15.9. The molecule has 142 valence electrons. The van der Waals surface area contributed by atoms with Crippen molar-refractivity contribution in [1.29, 1.82) is 0 Å². The Morgan fingerprint density at radius 1 is 1.33 bits per heavy atom. The van der Waals surface area contributed by atoms with E-state index in [9.17, 15) is 9.59 Å². The molecule has 1 aromatic carbocycles. The van der Waals surface area contributed by atoms with Crippen LogP contribution in [0.5, 0.6) is 0 Å². The molecule has 1 aliphatic heterocycles. The van der Waals surface area contributed by atoms with E-state index in [1.165, 1.54) is 22.5 Å². The first-order chi connectivity index (χ1) is 13.2. The molecule has 1 unspecified atom stereocenters. The van der Waals surface area contributed by atoms with Crippen molar-refractivity contribution in [2.24, 2.45) is 0 Å². The third-order valence-corrected chi connectivity index (χ3v) is 5.69. The molecule has 1 atom stereocenters. The lowest BCUT2D eigenvalue weighted by Gasteiger charge is -2.37. The average molecular weight is 385 g/mol. The Bertz CT molecular complexity index is 803. The number of amides is 2. The zero-order chi connectivity index (χ0) is 19.2. The summed E-state index contributed by atoms with van der Waals surface area (Å²) in [5.74, 6) is -0.276. The summed E-state index contributed by atoms with van der Waals surface area (Å²) in [4.78, 5) is 30.1. The molecule has 2 aromatic rings. The van der Waals surface area contributed by atoms with E-state index in [0.717, 1.165) is 12.0 Å². The second-order valence-corrected chi connectivity index (χ2v) is 7.45. The Morgan fingerprint density at radius 2 is 2.11 bits per heavy atom. The molecule has 0 N–H and O–H groups in total. The van der Waals surface area contributed by atoms with Gasteiger partial charge >= 0.3 is 0 Å². The predicted octanol–water partition coefficient (Wildman–Crippen LogP) is 2.88. The first-order valence-electron chi connectivity index (χ1n) is 8.94. The molecule has 0 aliphatic carbocycles. The maximum atomic E-state index is 13.2. The molecule has 0 saturated heterocycles. The van der Waals surface area contributed by atoms with Crippen LogP contribution in [0.15, 0.2) is 54.4 Å². The maximum Gasteiger partial charge on any atom is 0.249 e. The van der Waals surface area contributed by atoms with Crippen molar-refractivity contribution in [3.63, 3.8) is 0 Å². The fourth-order valence-electron chi connectivity index (χ4n) is 3.46. The van der Waals surface area contributed by atoms with E-state index in [0.29, 0.717) is 13.1 Å². The summed E-state index contributed by atoms with van der Waals surface area (Å²) in [6.07, 6.45) is 2.47. The molecule has 0 saturated carbocycles. The van der Waals surface area contributed by atoms with Gasteiger partial charge in [-0.2, -0.15) is 0 Å². The van der Waals surface area contributed by atoms with Gasteiger partial charge in [0, 0.05) is 25.1 Å². The van der Waals surface area contributed by atoms with Crippen molar-refractivity contribution in [3.8, 4) is 0 Å². The summed E-state index contributed by atoms with van der Waals surface area (Å²) in [6, 6.07) is 12.0. The molecular weight excluding hydrogens is 360 g/mol. The minimum absolute atomic E-state index is 0.0248. The Hall–Kier alpha value is -2.44. The highest BCUT2D eigenvalue weighted by molar-refractivity contribution is 7.10. The van der Waals surface area contributed by atoms with Crippen LogP contribution >= 0.6 is 11.3 Å². The number of nitrogens with zero attached hydrogens (tertiary/aromatic N) is 2. The minimum Gasteiger partial charge on any atom is -0.375 e. The van der Waals surface area contributed by atoms with Gasteiger partial charge in [-0.15, -0.1) is 17.9 Å². The van der Waals surface area contributed by atoms with Crippen LogP contribution < -0.4 is 0 Å². The average Bonchev–Trinajstić information content (AvgIpc) is 3.16. The summed E-state index contributed by atoms with van der Waals surface area (Å²) in [6.45, 7) is 4.64. The molecule has 6 heteroatoms. The SMILES string of the molecule is C=CCN(CC(=O)N1CCc2sccc2C1c1ccccc1)C(=O)COC. The first kappa shape index (κ1) is 19.3. The van der Waals surface area contributed by atoms with Crippen molar-refractivity contribution >= 4 is 23.2 Å². The summed E-state index contributed by atoms with van der Waals surface area (Å²) in [7, 11) is 1.47. The van der Waals surface area contributed by atoms with Crippen molar-refractivity contribution in [2.75, 3.05) is 33.4 Å². The van der Waals surface area contributed by atoms with Gasteiger partial charge in [0.25, 0.3) is 0 Å². The summed E-state index contributed by atoms with van der Waals surface area (Å²) in [5, 5.41) is 2.08. The molecule has 0 fully saturated rings. The molecule has 2 heterocycles. The van der Waals surface area contributed by atoms with E-state index >= 15 is 0 Å². The predicted molar refractivity (Wildman–Crippen MR) is 107 cm³/mol. The molecular formula is C21H24N2O3S. The number of ether oxygens (including phenoxy) is 1. The van der Waals surface area contributed by atoms with Gasteiger partial charge in [-0.1, -0.05) is 36.4 Å². The van der Waals surface area contributed by atoms with Crippen LogP contribution in [0.2, 0.25) is 0 Å². The quantitative estimate of drug-likeness (QED) is 0.690. The number of fused-ring (bicyclic) bond motifs is 1. The number of hydrogen-bond acceptors (Lipinski definition) is 4. The number of carbonyl (C=O) groups is 2. The standard InChI is InChI=1S/C21H24N2O3S/c1-3-11-22(20(25)15-26-2)14-19(24)23-12-9-18-17(10-13-27-18)21(23)16-7-5-4-6-8-16/h3-8,10,13,21H,1,9,11-12,14-15H2,2H3. The maximum absolute atomic E-state index is 13.2. The van der Waals surface area contributed by atoms with Gasteiger partial charge in [-0.25, -0.2) is 0 Å². The van der Waals surface area contributed by atoms with Gasteiger partial charge in [0.1, 0.15) is 13.2 Å². The van der Waals surface area contributed by atoms with Crippen LogP contribution in [0.25, 0.3) is 0 Å². The number of carbonyl (C=O) groups excluding carboxylic acids is 2. The number of methoxy groups -OCH3 is 1. The highest BCUT2D eigenvalue weighted by Crippen LogP contribution is 2.37. The van der Waals surface area contributed by atoms with Crippen LogP contribution in [0.3, 0.4) is 0 Å². The fraction of sp³-hybridized carbons (Fsp3) is 0.333. The Balaban J connectivity index is 1.86. The van der Waals surface area contributed by atoms with Crippen LogP contribution in [-0.2, 0) is 20.7 Å². The zero-order valence-electron chi connectivity index (χ0n) is 15.5. The lowest BCUT2D eigenvalue weighted by molar-refractivity contribution is -0.143. The van der Waals surface area contributed by atoms with Gasteiger partial charge in [0.05, 0.1) is 6.04 Å². The lowest BCUT2D eigenvalue weighted by atomic mass is 9.93. The molecule has 5 nitrogen and oxygen atoms in total. The largest absolute Gasteiger partial charge is 0.375 e. The van der Waals surface area contributed by atoms with Crippen LogP contribution in [0.1, 0.15) is 22.0 Å². The summed E-state index contributed by atoms with van der Waals surface area (Å²) < 4.78 is 4.94. The van der Waals surface area contributed by atoms with Crippen molar-refractivity contribution in [2.45, 2.75) is 12.5 Å². The molecule has 0 bridgehead atoms. The van der Waals surface area contributed by atoms with E-state index in [2.05, 4.69) is 30.2 Å². The highest BCUT2D eigenvalue weighted by Gasteiger charge is 2.33. The second-order valence-electron chi connectivity index (χ2n) is 6.45. The van der Waals surface area contributed by atoms with E-state index in [-0.39, 0.29) is 31.0 Å². The van der Waals surface area contributed by atoms with E-state index in [1.54, 1.807) is 17.4 Å². The van der Waals surface area contributed by atoms with E-state index in [4.69, 9.17) is 4.74 Å². The van der Waals surface area contributed by atoms with Gasteiger partial charge in [0.2, 0.25) is 11.8 Å². The smallest absolute Gasteiger partial charge is 0.249 e. The summed E-state index contributed by atoms with van der Waals surface area (Å²) >= 11 is 1.74. The van der Waals surface area contributed by atoms with E-state index in [1.807, 2.05) is 23.1 Å². The zero-order valence-corrected chi connectivity index (χ0v) is 16.3. The summed E-state index contributed by atoms with van der Waals surface area (Å²) in [5.41, 5.74) is 2.27. The molecule has 1 aromatic heterocycles. The molecule has 27 heavy (non-hydrogen) atoms. The van der Waals surface area contributed by atoms with Crippen LogP contribution in [0.4, 0.5) is 0 Å². The van der Waals surface area contributed by atoms with Crippen LogP contribution in [0, 0.1) is 0 Å². The topological polar surface area (TPSA) is 49.9 Å². The lowest BCUT2D eigenvalue weighted by Crippen LogP contribution is -2.47. The van der Waals surface area contributed by atoms with Crippen molar-refractivity contribution in [3.05, 3.63) is 70.4 Å². The van der Waals surface area contributed by atoms with Gasteiger partial charge < -0.3 is 14.5 Å². The molecule has 3 rings (SSSR count). The third kappa shape index (κ3) is 4.28. The number of rotatable bonds is 7. The Kier molecular flexibility index (Phi) is 6.42. The molecule has 0 spiro atoms. The Morgan fingerprint density at radius 3 is 2.81 bits per heavy atom. The first-order valence-corrected chi connectivity index (χ1v) is 9.82. The van der Waals surface area contributed by atoms with Gasteiger partial charge in [0.15, 0.2) is 0 Å². The van der Waals surface area contributed by atoms with E-state index < -0.39 is 0 Å². The fourth-order valence-corrected chi connectivity index (χ4v) is 4.36. The molecule has 1 aliphatic rings. The van der Waals surface area contributed by atoms with Crippen molar-refractivity contribution < 1.29 is 14.3 Å².